The zero-order valence-corrected chi connectivity index (χ0v) is 5.32. The summed E-state index contributed by atoms with van der Waals surface area (Å²) in [4.78, 5) is 11.6. The molecule has 0 aliphatic carbocycles. The zero-order chi connectivity index (χ0) is 16.7. The van der Waals surface area contributed by atoms with Gasteiger partial charge in [0.1, 0.15) is 0 Å². The van der Waals surface area contributed by atoms with Crippen molar-refractivity contribution in [1.29, 1.82) is 0 Å². The molecular weight excluding hydrogens is 140 g/mol. The molecule has 0 aromatic heterocycles. The SMILES string of the molecule is [2H]c1c([2H])c(C([2H])([2H])[2H])c([2H])c([2H])c1C(=O)OC([2H])([2H])[2H]. The van der Waals surface area contributed by atoms with Crippen LogP contribution in [0.5, 0.6) is 0 Å². The molecule has 58 valence electrons. The van der Waals surface area contributed by atoms with Gasteiger partial charge in [-0.1, -0.05) is 17.6 Å². The Balaban J connectivity index is 3.56. The van der Waals surface area contributed by atoms with Gasteiger partial charge in [-0.25, -0.2) is 4.79 Å². The molecule has 1 rings (SSSR count). The number of benzene rings is 1. The highest BCUT2D eigenvalue weighted by atomic mass is 16.5. The molecule has 1 aromatic carbocycles. The Morgan fingerprint density at radius 3 is 2.82 bits per heavy atom. The van der Waals surface area contributed by atoms with Crippen molar-refractivity contribution in [3.8, 4) is 0 Å². The first-order valence-electron chi connectivity index (χ1n) is 7.61. The van der Waals surface area contributed by atoms with Crippen molar-refractivity contribution >= 4 is 5.97 Å². The van der Waals surface area contributed by atoms with Crippen LogP contribution in [0.15, 0.2) is 24.2 Å². The predicted octanol–water partition coefficient (Wildman–Crippen LogP) is 1.78. The molecule has 0 heterocycles. The maximum Gasteiger partial charge on any atom is 0.337 e. The molecule has 11 heavy (non-hydrogen) atoms. The fourth-order valence-corrected chi connectivity index (χ4v) is 0.466. The lowest BCUT2D eigenvalue weighted by molar-refractivity contribution is 0.0601. The number of ether oxygens (including phenoxy) is 1. The van der Waals surface area contributed by atoms with Crippen LogP contribution < -0.4 is 0 Å². The summed E-state index contributed by atoms with van der Waals surface area (Å²) in [6, 6.07) is -3.80. The molecular formula is C9H10O2. The number of rotatable bonds is 1. The van der Waals surface area contributed by atoms with Crippen molar-refractivity contribution in [1.82, 2.24) is 0 Å². The topological polar surface area (TPSA) is 26.3 Å². The highest BCUT2D eigenvalue weighted by Gasteiger charge is 2.01. The maximum atomic E-state index is 11.6. The van der Waals surface area contributed by atoms with Crippen molar-refractivity contribution in [2.75, 3.05) is 7.04 Å². The summed E-state index contributed by atoms with van der Waals surface area (Å²) in [5.41, 5.74) is -1.77. The molecule has 0 radical (unpaired) electrons. The third kappa shape index (κ3) is 1.80. The van der Waals surface area contributed by atoms with Crippen LogP contribution in [-0.2, 0) is 4.74 Å². The average Bonchev–Trinajstić information content (AvgIpc) is 2.22. The van der Waals surface area contributed by atoms with Gasteiger partial charge in [0.05, 0.1) is 22.2 Å². The summed E-state index contributed by atoms with van der Waals surface area (Å²) >= 11 is 0. The predicted molar refractivity (Wildman–Crippen MR) is 42.5 cm³/mol. The van der Waals surface area contributed by atoms with Gasteiger partial charge in [-0.3, -0.25) is 0 Å². The number of carbonyl (C=O) groups excluding carboxylic acids is 1. The summed E-state index contributed by atoms with van der Waals surface area (Å²) in [7, 11) is -3.12. The minimum Gasteiger partial charge on any atom is -0.465 e. The molecule has 2 heteroatoms. The Morgan fingerprint density at radius 2 is 2.27 bits per heavy atom. The van der Waals surface area contributed by atoms with E-state index in [0.29, 0.717) is 0 Å². The fraction of sp³-hybridized carbons (Fsp3) is 0.222. The van der Waals surface area contributed by atoms with Crippen LogP contribution in [-0.4, -0.2) is 13.0 Å². The third-order valence-corrected chi connectivity index (χ3v) is 0.922. The van der Waals surface area contributed by atoms with Crippen molar-refractivity contribution in [2.45, 2.75) is 6.85 Å². The Labute approximate surface area is 79.9 Å². The van der Waals surface area contributed by atoms with Gasteiger partial charge in [-0.2, -0.15) is 0 Å². The van der Waals surface area contributed by atoms with Crippen molar-refractivity contribution in [3.63, 3.8) is 0 Å². The van der Waals surface area contributed by atoms with Gasteiger partial charge >= 0.3 is 5.97 Å². The van der Waals surface area contributed by atoms with Gasteiger partial charge in [0.15, 0.2) is 0 Å². The van der Waals surface area contributed by atoms with Crippen LogP contribution >= 0.6 is 0 Å². The summed E-state index contributed by atoms with van der Waals surface area (Å²) in [5, 5.41) is 0. The minimum absolute atomic E-state index is 0.845. The molecule has 1 aromatic rings. The Morgan fingerprint density at radius 1 is 1.55 bits per heavy atom. The van der Waals surface area contributed by atoms with Crippen LogP contribution in [0.3, 0.4) is 0 Å². The molecule has 0 bridgehead atoms. The lowest BCUT2D eigenvalue weighted by Gasteiger charge is -1.97. The smallest absolute Gasteiger partial charge is 0.337 e. The van der Waals surface area contributed by atoms with E-state index in [-0.39, 0.29) is 0 Å². The minimum atomic E-state index is -3.12. The molecule has 0 saturated carbocycles. The monoisotopic (exact) mass is 160 g/mol. The molecule has 0 amide bonds. The number of carbonyl (C=O) groups is 1. The second-order valence-electron chi connectivity index (χ2n) is 1.64. The molecule has 0 unspecified atom stereocenters. The number of methoxy groups -OCH3 is 1. The Kier molecular flexibility index (Phi) is 0.548. The van der Waals surface area contributed by atoms with E-state index in [4.69, 9.17) is 13.7 Å². The standard InChI is InChI=1S/C9H10O2/c1-7-3-5-8(6-4-7)9(10)11-2/h3-6H,1-2H3/i1D3,2D3,3D,4D,5D,6D. The molecule has 0 aliphatic heterocycles. The second kappa shape index (κ2) is 3.19. The maximum absolute atomic E-state index is 11.6. The molecule has 0 aliphatic rings. The first kappa shape index (κ1) is 1.89. The van der Waals surface area contributed by atoms with Crippen molar-refractivity contribution in [3.05, 3.63) is 35.3 Å². The van der Waals surface area contributed by atoms with Gasteiger partial charge in [0, 0.05) is 4.11 Å². The van der Waals surface area contributed by atoms with Crippen LogP contribution in [0.2, 0.25) is 0 Å². The van der Waals surface area contributed by atoms with Gasteiger partial charge in [-0.15, -0.1) is 0 Å². The third-order valence-electron chi connectivity index (χ3n) is 0.922. The Bertz CT molecular complexity index is 557. The van der Waals surface area contributed by atoms with E-state index in [1.807, 2.05) is 0 Å². The van der Waals surface area contributed by atoms with Crippen LogP contribution in [0.25, 0.3) is 0 Å². The van der Waals surface area contributed by atoms with Crippen LogP contribution in [0, 0.1) is 6.85 Å². The summed E-state index contributed by atoms with van der Waals surface area (Å²) in [5.74, 6) is -1.58. The van der Waals surface area contributed by atoms with Gasteiger partial charge in [-0.05, 0) is 18.9 Å². The first-order chi connectivity index (χ1) is 9.27. The summed E-state index contributed by atoms with van der Waals surface area (Å²) in [6.45, 7) is -2.91. The fourth-order valence-electron chi connectivity index (χ4n) is 0.466. The molecule has 0 N–H and O–H groups in total. The van der Waals surface area contributed by atoms with E-state index < -0.39 is 55.2 Å². The molecule has 0 saturated heterocycles. The highest BCUT2D eigenvalue weighted by Crippen LogP contribution is 2.03. The zero-order valence-electron chi connectivity index (χ0n) is 15.3. The lowest BCUT2D eigenvalue weighted by atomic mass is 10.2. The highest BCUT2D eigenvalue weighted by molar-refractivity contribution is 5.89. The van der Waals surface area contributed by atoms with E-state index in [9.17, 15) is 4.79 Å². The Hall–Kier alpha value is -1.31. The van der Waals surface area contributed by atoms with Gasteiger partial charge in [0.25, 0.3) is 0 Å². The largest absolute Gasteiger partial charge is 0.465 e. The second-order valence-corrected chi connectivity index (χ2v) is 1.64. The summed E-state index contributed by atoms with van der Waals surface area (Å²) < 4.78 is 76.2. The number of hydrogen-bond acceptors (Lipinski definition) is 2. The van der Waals surface area contributed by atoms with E-state index in [1.54, 1.807) is 0 Å². The van der Waals surface area contributed by atoms with Gasteiger partial charge < -0.3 is 4.74 Å². The molecule has 0 fully saturated rings. The van der Waals surface area contributed by atoms with Crippen LogP contribution in [0.1, 0.15) is 29.6 Å². The molecule has 0 atom stereocenters. The first-order valence-corrected chi connectivity index (χ1v) is 2.61. The quantitative estimate of drug-likeness (QED) is 0.585. The number of esters is 1. The lowest BCUT2D eigenvalue weighted by Crippen LogP contribution is -2.00. The van der Waals surface area contributed by atoms with E-state index in [1.165, 1.54) is 0 Å². The van der Waals surface area contributed by atoms with Crippen molar-refractivity contribution < 1.29 is 23.2 Å². The van der Waals surface area contributed by atoms with Crippen molar-refractivity contribution in [2.24, 2.45) is 0 Å². The van der Waals surface area contributed by atoms with E-state index in [2.05, 4.69) is 4.74 Å². The summed E-state index contributed by atoms with van der Waals surface area (Å²) in [6.07, 6.45) is 0. The van der Waals surface area contributed by atoms with E-state index >= 15 is 0 Å². The van der Waals surface area contributed by atoms with E-state index in [0.717, 1.165) is 0 Å². The normalized spacial score (nSPS) is 24.7. The average molecular weight is 160 g/mol. The molecule has 0 spiro atoms. The van der Waals surface area contributed by atoms with Crippen LogP contribution in [0.4, 0.5) is 0 Å². The number of hydrogen-bond donors (Lipinski definition) is 0. The van der Waals surface area contributed by atoms with Gasteiger partial charge in [0.2, 0.25) is 0 Å². The molecule has 2 nitrogen and oxygen atoms in total.